The lowest BCUT2D eigenvalue weighted by Gasteiger charge is -2.08. The Kier molecular flexibility index (Phi) is 40.6. The molecule has 0 aliphatic carbocycles. The third kappa shape index (κ3) is 55.7. The molecule has 6 heteroatoms. The fourth-order valence-electron chi connectivity index (χ4n) is 3.53. The van der Waals surface area contributed by atoms with Gasteiger partial charge in [0.05, 0.1) is 18.3 Å². The molecular weight excluding hydrogens is 528 g/mol. The summed E-state index contributed by atoms with van der Waals surface area (Å²) in [5.74, 6) is 2.39. The lowest BCUT2D eigenvalue weighted by Crippen LogP contribution is -2.08. The molecule has 0 heterocycles. The number of ether oxygens (including phenoxy) is 6. The highest BCUT2D eigenvalue weighted by molar-refractivity contribution is 4.47. The quantitative estimate of drug-likeness (QED) is 0.0868. The van der Waals surface area contributed by atoms with E-state index in [1.54, 1.807) is 0 Å². The number of hydrogen-bond donors (Lipinski definition) is 0. The molecule has 6 nitrogen and oxygen atoms in total. The minimum atomic E-state index is 0.323. The fraction of sp³-hybridized carbons (Fsp3) is 1.00. The van der Waals surface area contributed by atoms with Gasteiger partial charge in [-0.15, -0.1) is 0 Å². The van der Waals surface area contributed by atoms with Crippen LogP contribution in [0.3, 0.4) is 0 Å². The van der Waals surface area contributed by atoms with Crippen LogP contribution in [-0.2, 0) is 28.4 Å². The van der Waals surface area contributed by atoms with E-state index in [4.69, 9.17) is 28.4 Å². The first-order valence-electron chi connectivity index (χ1n) is 17.5. The van der Waals surface area contributed by atoms with Crippen LogP contribution in [0.4, 0.5) is 0 Å². The molecule has 0 saturated heterocycles. The third-order valence-corrected chi connectivity index (χ3v) is 5.86. The standard InChI is InChI=1S/C15H32O3.C12H26O2.C9H20O/c1-14(2)8-5-9-16-10-6-11-17-12-7-13-18-15(3)4;1-11(2)7-5-8-13-9-6-10-14-12(3)4;1-8(2)6-5-7-10-9(3)4/h14-15H,5-13H2,1-4H3;11-12H,5-10H2,1-4H3;8-9H,5-7H2,1-4H3. The first kappa shape index (κ1) is 46.2. The van der Waals surface area contributed by atoms with Crippen LogP contribution in [-0.4, -0.2) is 77.8 Å². The predicted molar refractivity (Wildman–Crippen MR) is 182 cm³/mol. The molecule has 0 aliphatic rings. The molecule has 0 fully saturated rings. The van der Waals surface area contributed by atoms with Crippen molar-refractivity contribution in [2.75, 3.05) is 59.5 Å². The Hall–Kier alpha value is -0.240. The van der Waals surface area contributed by atoms with E-state index in [1.165, 1.54) is 38.5 Å². The number of rotatable bonds is 27. The van der Waals surface area contributed by atoms with Crippen LogP contribution in [0.1, 0.15) is 141 Å². The minimum Gasteiger partial charge on any atom is -0.381 e. The summed E-state index contributed by atoms with van der Waals surface area (Å²) in [4.78, 5) is 0. The van der Waals surface area contributed by atoms with Crippen LogP contribution < -0.4 is 0 Å². The maximum Gasteiger partial charge on any atom is 0.0518 e. The van der Waals surface area contributed by atoms with Gasteiger partial charge in [-0.3, -0.25) is 0 Å². The van der Waals surface area contributed by atoms with Crippen molar-refractivity contribution in [3.05, 3.63) is 0 Å². The molecule has 0 aromatic heterocycles. The second-order valence-electron chi connectivity index (χ2n) is 13.3. The molecule has 258 valence electrons. The zero-order chi connectivity index (χ0) is 32.4. The number of hydrogen-bond acceptors (Lipinski definition) is 6. The Balaban J connectivity index is -0.000000567. The molecule has 0 unspecified atom stereocenters. The van der Waals surface area contributed by atoms with Gasteiger partial charge in [0.15, 0.2) is 0 Å². The van der Waals surface area contributed by atoms with Crippen LogP contribution in [0.5, 0.6) is 0 Å². The molecule has 42 heavy (non-hydrogen) atoms. The minimum absolute atomic E-state index is 0.323. The van der Waals surface area contributed by atoms with Crippen molar-refractivity contribution in [1.29, 1.82) is 0 Å². The maximum atomic E-state index is 5.54. The van der Waals surface area contributed by atoms with Crippen molar-refractivity contribution >= 4 is 0 Å². The summed E-state index contributed by atoms with van der Waals surface area (Å²) in [6, 6.07) is 0. The lowest BCUT2D eigenvalue weighted by atomic mass is 10.1. The van der Waals surface area contributed by atoms with Crippen molar-refractivity contribution in [2.24, 2.45) is 17.8 Å². The molecule has 0 aromatic carbocycles. The van der Waals surface area contributed by atoms with Gasteiger partial charge in [-0.05, 0) is 117 Å². The molecule has 0 aromatic rings. The first-order chi connectivity index (χ1) is 19.9. The highest BCUT2D eigenvalue weighted by Gasteiger charge is 1.98. The molecule has 0 rings (SSSR count). The van der Waals surface area contributed by atoms with Crippen LogP contribution >= 0.6 is 0 Å². The predicted octanol–water partition coefficient (Wildman–Crippen LogP) is 9.76. The Morgan fingerprint density at radius 1 is 0.286 bits per heavy atom. The molecule has 0 radical (unpaired) electrons. The van der Waals surface area contributed by atoms with E-state index in [1.807, 2.05) is 0 Å². The van der Waals surface area contributed by atoms with Crippen molar-refractivity contribution in [3.8, 4) is 0 Å². The SMILES string of the molecule is CC(C)CCCOC(C)C.CC(C)CCCOCCCOC(C)C.CC(C)CCCOCCCOCCCOC(C)C. The van der Waals surface area contributed by atoms with Gasteiger partial charge in [0, 0.05) is 59.5 Å². The van der Waals surface area contributed by atoms with E-state index in [9.17, 15) is 0 Å². The van der Waals surface area contributed by atoms with Crippen LogP contribution in [0.15, 0.2) is 0 Å². The molecule has 0 aliphatic heterocycles. The first-order valence-corrected chi connectivity index (χ1v) is 17.5. The summed E-state index contributed by atoms with van der Waals surface area (Å²) in [5.41, 5.74) is 0. The smallest absolute Gasteiger partial charge is 0.0518 e. The fourth-order valence-corrected chi connectivity index (χ4v) is 3.53. The normalized spacial score (nSPS) is 11.6. The zero-order valence-electron chi connectivity index (χ0n) is 30.6. The maximum absolute atomic E-state index is 5.54. The summed E-state index contributed by atoms with van der Waals surface area (Å²) in [5, 5.41) is 0. The summed E-state index contributed by atoms with van der Waals surface area (Å²) in [7, 11) is 0. The molecule has 0 N–H and O–H groups in total. The molecule has 0 saturated carbocycles. The molecular formula is C36H78O6. The summed E-state index contributed by atoms with van der Waals surface area (Å²) in [6.45, 7) is 33.4. The van der Waals surface area contributed by atoms with Crippen molar-refractivity contribution < 1.29 is 28.4 Å². The zero-order valence-corrected chi connectivity index (χ0v) is 30.6. The molecule has 0 atom stereocenters. The highest BCUT2D eigenvalue weighted by atomic mass is 16.5. The van der Waals surface area contributed by atoms with Gasteiger partial charge in [0.1, 0.15) is 0 Å². The Bertz CT molecular complexity index is 424. The van der Waals surface area contributed by atoms with Gasteiger partial charge in [-0.25, -0.2) is 0 Å². The summed E-state index contributed by atoms with van der Waals surface area (Å²) < 4.78 is 32.8. The van der Waals surface area contributed by atoms with E-state index in [0.29, 0.717) is 18.3 Å². The second kappa shape index (κ2) is 36.9. The van der Waals surface area contributed by atoms with E-state index in [2.05, 4.69) is 83.1 Å². The monoisotopic (exact) mass is 607 g/mol. The lowest BCUT2D eigenvalue weighted by molar-refractivity contribution is 0.0434. The Morgan fingerprint density at radius 3 is 0.762 bits per heavy atom. The van der Waals surface area contributed by atoms with Gasteiger partial charge in [0.2, 0.25) is 0 Å². The van der Waals surface area contributed by atoms with Crippen LogP contribution in [0.25, 0.3) is 0 Å². The van der Waals surface area contributed by atoms with E-state index in [0.717, 1.165) is 96.5 Å². The Labute approximate surface area is 264 Å². The third-order valence-electron chi connectivity index (χ3n) is 5.86. The van der Waals surface area contributed by atoms with Gasteiger partial charge >= 0.3 is 0 Å². The van der Waals surface area contributed by atoms with Crippen LogP contribution in [0, 0.1) is 17.8 Å². The molecule has 0 spiro atoms. The van der Waals surface area contributed by atoms with E-state index < -0.39 is 0 Å². The van der Waals surface area contributed by atoms with Gasteiger partial charge < -0.3 is 28.4 Å². The Morgan fingerprint density at radius 2 is 0.500 bits per heavy atom. The molecule has 0 bridgehead atoms. The second-order valence-corrected chi connectivity index (χ2v) is 13.3. The van der Waals surface area contributed by atoms with Crippen molar-refractivity contribution in [2.45, 2.75) is 159 Å². The molecule has 0 amide bonds. The average Bonchev–Trinajstić information content (AvgIpc) is 2.88. The van der Waals surface area contributed by atoms with E-state index >= 15 is 0 Å². The van der Waals surface area contributed by atoms with Gasteiger partial charge in [-0.2, -0.15) is 0 Å². The van der Waals surface area contributed by atoms with E-state index in [-0.39, 0.29) is 0 Å². The highest BCUT2D eigenvalue weighted by Crippen LogP contribution is 2.05. The van der Waals surface area contributed by atoms with Crippen molar-refractivity contribution in [3.63, 3.8) is 0 Å². The topological polar surface area (TPSA) is 55.4 Å². The summed E-state index contributed by atoms with van der Waals surface area (Å²) >= 11 is 0. The van der Waals surface area contributed by atoms with Gasteiger partial charge in [0.25, 0.3) is 0 Å². The van der Waals surface area contributed by atoms with Crippen molar-refractivity contribution in [1.82, 2.24) is 0 Å². The van der Waals surface area contributed by atoms with Crippen LogP contribution in [0.2, 0.25) is 0 Å². The summed E-state index contributed by atoms with van der Waals surface area (Å²) in [6.07, 6.45) is 11.4. The van der Waals surface area contributed by atoms with Gasteiger partial charge in [-0.1, -0.05) is 41.5 Å². The largest absolute Gasteiger partial charge is 0.381 e. The average molecular weight is 607 g/mol.